The third-order valence-corrected chi connectivity index (χ3v) is 12.3. The van der Waals surface area contributed by atoms with E-state index in [9.17, 15) is 46.7 Å². The molecular weight excluding hydrogens is 969 g/mol. The van der Waals surface area contributed by atoms with E-state index in [-0.39, 0.29) is 5.69 Å². The molecule has 0 aliphatic heterocycles. The number of rotatable bonds is 28. The molecule has 72 heavy (non-hydrogen) atoms. The molecular formula is C50H86N8O12S2. The van der Waals surface area contributed by atoms with Crippen molar-refractivity contribution in [2.75, 3.05) is 50.1 Å². The largest absolute Gasteiger partial charge is 0.303 e. The molecule has 4 N–H and O–H groups in total. The minimum absolute atomic E-state index is 0.390. The van der Waals surface area contributed by atoms with E-state index < -0.39 is 78.5 Å². The average Bonchev–Trinajstić information content (AvgIpc) is 3.35. The molecule has 20 nitrogen and oxygen atoms in total. The molecule has 0 saturated heterocycles. The zero-order valence-corrected chi connectivity index (χ0v) is 46.3. The van der Waals surface area contributed by atoms with E-state index in [0.717, 1.165) is 36.4 Å². The van der Waals surface area contributed by atoms with Gasteiger partial charge in [-0.2, -0.15) is 27.0 Å². The van der Waals surface area contributed by atoms with Gasteiger partial charge in [0.25, 0.3) is 31.6 Å². The van der Waals surface area contributed by atoms with E-state index in [0.29, 0.717) is 12.1 Å². The van der Waals surface area contributed by atoms with Gasteiger partial charge in [-0.25, -0.2) is 0 Å². The third-order valence-electron chi connectivity index (χ3n) is 10.6. The Labute approximate surface area is 428 Å². The van der Waals surface area contributed by atoms with Gasteiger partial charge in [0, 0.05) is 12.1 Å². The Bertz CT molecular complexity index is 2380. The highest BCUT2D eigenvalue weighted by molar-refractivity contribution is 7.86. The van der Waals surface area contributed by atoms with Crippen LogP contribution < -0.4 is 32.4 Å². The number of hydrogen-bond donors (Lipinski definition) is 4. The Hall–Kier alpha value is -5.00. The Morgan fingerprint density at radius 2 is 0.792 bits per heavy atom. The number of nitrogens with one attached hydrogen (secondary N) is 2. The van der Waals surface area contributed by atoms with Crippen molar-refractivity contribution in [2.45, 2.75) is 182 Å². The fourth-order valence-corrected chi connectivity index (χ4v) is 6.77. The summed E-state index contributed by atoms with van der Waals surface area (Å²) in [7, 11) is -9.53. The normalized spacial score (nSPS) is 11.6. The molecule has 0 radical (unpaired) electrons. The third kappa shape index (κ3) is 30.1. The second-order valence-corrected chi connectivity index (χ2v) is 19.7. The van der Waals surface area contributed by atoms with Gasteiger partial charge in [-0.3, -0.25) is 49.8 Å². The van der Waals surface area contributed by atoms with Crippen LogP contribution in [-0.2, 0) is 20.2 Å². The van der Waals surface area contributed by atoms with Crippen LogP contribution in [0, 0.1) is 20.2 Å². The van der Waals surface area contributed by atoms with Crippen molar-refractivity contribution >= 4 is 43.0 Å². The number of anilines is 2. The summed E-state index contributed by atoms with van der Waals surface area (Å²) in [6.45, 7) is 30.3. The quantitative estimate of drug-likeness (QED) is 0.0299. The zero-order chi connectivity index (χ0) is 55.1. The molecule has 0 bridgehead atoms. The van der Waals surface area contributed by atoms with Crippen LogP contribution in [0.2, 0.25) is 0 Å². The first-order chi connectivity index (χ1) is 34.1. The van der Waals surface area contributed by atoms with E-state index in [1.54, 1.807) is 0 Å². The lowest BCUT2D eigenvalue weighted by molar-refractivity contribution is -0.384. The number of hydrogen-bond acceptors (Lipinski definition) is 16. The van der Waals surface area contributed by atoms with Gasteiger partial charge in [-0.05, 0) is 114 Å². The lowest BCUT2D eigenvalue weighted by atomic mass is 10.2. The van der Waals surface area contributed by atoms with Crippen LogP contribution in [0.5, 0.6) is 0 Å². The Kier molecular flexibility index (Phi) is 38.8. The average molecular weight is 1060 g/mol. The van der Waals surface area contributed by atoms with E-state index in [1.165, 1.54) is 142 Å². The fraction of sp³-hybridized carbons (Fsp3) is 0.640. The molecule has 0 fully saturated rings. The highest BCUT2D eigenvalue weighted by atomic mass is 32.2. The second-order valence-electron chi connectivity index (χ2n) is 16.8. The Morgan fingerprint density at radius 3 is 1.06 bits per heavy atom. The molecule has 0 amide bonds. The maximum absolute atomic E-state index is 12.7. The number of benzene rings is 3. The number of nitrogens with zero attached hydrogens (tertiary/aromatic N) is 6. The van der Waals surface area contributed by atoms with Crippen molar-refractivity contribution < 1.29 is 35.8 Å². The van der Waals surface area contributed by atoms with Crippen LogP contribution in [0.25, 0.3) is 0 Å². The first kappa shape index (κ1) is 69.1. The minimum Gasteiger partial charge on any atom is -0.303 e. The second kappa shape index (κ2) is 40.5. The monoisotopic (exact) mass is 1050 g/mol. The Morgan fingerprint density at radius 1 is 0.486 bits per heavy atom. The molecule has 0 unspecified atom stereocenters. The molecule has 0 atom stereocenters. The van der Waals surface area contributed by atoms with Gasteiger partial charge in [0.2, 0.25) is 10.9 Å². The molecule has 3 rings (SSSR count). The lowest BCUT2D eigenvalue weighted by Crippen LogP contribution is -2.48. The maximum atomic E-state index is 12.7. The molecule has 0 aromatic heterocycles. The summed E-state index contributed by atoms with van der Waals surface area (Å²) < 4.78 is 63.0. The summed E-state index contributed by atoms with van der Waals surface area (Å²) in [6.07, 6.45) is 21.5. The molecule has 410 valence electrons. The van der Waals surface area contributed by atoms with Gasteiger partial charge in [-0.1, -0.05) is 133 Å². The summed E-state index contributed by atoms with van der Waals surface area (Å²) >= 11 is 0. The van der Waals surface area contributed by atoms with Crippen molar-refractivity contribution in [1.82, 2.24) is 9.80 Å². The summed E-state index contributed by atoms with van der Waals surface area (Å²) in [4.78, 5) is 49.1. The number of unbranched alkanes of at least 4 members (excludes halogenated alkanes) is 8. The van der Waals surface area contributed by atoms with Crippen molar-refractivity contribution in [1.29, 1.82) is 0 Å². The maximum Gasteiger partial charge on any atom is 0.295 e. The van der Waals surface area contributed by atoms with Gasteiger partial charge in [0.1, 0.15) is 26.5 Å². The molecule has 3 aromatic rings. The molecule has 22 heteroatoms. The predicted molar refractivity (Wildman–Crippen MR) is 289 cm³/mol. The summed E-state index contributed by atoms with van der Waals surface area (Å²) in [5.74, 6) is 0. The van der Waals surface area contributed by atoms with Crippen molar-refractivity contribution in [3.05, 3.63) is 99.9 Å². The SMILES string of the molecule is CCCC.CCCC.CCCCN(CCCC)CCCC.CCCCN(CCCC)CCCC.O=c1cc/c(=N\Nc2ccc(S(=O)(=O)O)cc2[N+](=O)[O-])c(=O)c1=NNc1ccc(S(=O)(=O)O)cc1[N+](=O)[O-]. The van der Waals surface area contributed by atoms with Crippen LogP contribution in [0.4, 0.5) is 22.7 Å². The van der Waals surface area contributed by atoms with Gasteiger partial charge in [0.05, 0.1) is 9.85 Å². The van der Waals surface area contributed by atoms with E-state index in [1.807, 2.05) is 0 Å². The van der Waals surface area contributed by atoms with Crippen LogP contribution in [0.15, 0.2) is 78.1 Å². The summed E-state index contributed by atoms with van der Waals surface area (Å²) in [6, 6.07) is 6.18. The van der Waals surface area contributed by atoms with E-state index >= 15 is 0 Å². The van der Waals surface area contributed by atoms with Crippen LogP contribution >= 0.6 is 0 Å². The summed E-state index contributed by atoms with van der Waals surface area (Å²) in [5, 5.41) is 28.4. The van der Waals surface area contributed by atoms with Crippen molar-refractivity contribution in [3.8, 4) is 0 Å². The van der Waals surface area contributed by atoms with Crippen LogP contribution in [0.1, 0.15) is 172 Å². The molecule has 0 aliphatic carbocycles. The molecule has 0 spiro atoms. The van der Waals surface area contributed by atoms with E-state index in [2.05, 4.69) is 100 Å². The van der Waals surface area contributed by atoms with Crippen LogP contribution in [-0.4, -0.2) is 84.9 Å². The predicted octanol–water partition coefficient (Wildman–Crippen LogP) is 10.4. The van der Waals surface area contributed by atoms with Gasteiger partial charge in [-0.15, -0.1) is 0 Å². The number of nitro groups is 2. The highest BCUT2D eigenvalue weighted by Crippen LogP contribution is 2.28. The smallest absolute Gasteiger partial charge is 0.295 e. The first-order valence-corrected chi connectivity index (χ1v) is 28.4. The van der Waals surface area contributed by atoms with E-state index in [4.69, 9.17) is 9.11 Å². The summed E-state index contributed by atoms with van der Waals surface area (Å²) in [5.41, 5.74) is -0.365. The number of nitro benzene ring substituents is 2. The van der Waals surface area contributed by atoms with Crippen molar-refractivity contribution in [2.24, 2.45) is 10.2 Å². The molecule has 0 aliphatic rings. The van der Waals surface area contributed by atoms with Crippen LogP contribution in [0.3, 0.4) is 0 Å². The molecule has 0 heterocycles. The molecule has 0 saturated carbocycles. The fourth-order valence-electron chi connectivity index (χ4n) is 5.77. The Balaban J connectivity index is 0. The first-order valence-electron chi connectivity index (χ1n) is 25.5. The zero-order valence-electron chi connectivity index (χ0n) is 44.7. The molecule has 3 aromatic carbocycles. The topological polar surface area (TPSA) is 284 Å². The van der Waals surface area contributed by atoms with Gasteiger partial charge >= 0.3 is 0 Å². The highest BCUT2D eigenvalue weighted by Gasteiger charge is 2.21. The standard InChI is InChI=1S/C18H12N6O12S2.2C12H27N.2C4H10/c25-16-6-5-13(21-19-11-3-1-9(37(31,32)33)7-14(11)23(27)28)18(26)17(16)22-20-12-4-2-10(38(34,35)36)8-15(12)24(29)30;2*1-4-7-10-13(11-8-5-2)12-9-6-3;2*1-3-4-2/h1-8,19-20H,(H,31,32,33)(H,34,35,36);2*4-12H2,1-3H3;2*3-4H2,1-2H3/b21-13+,22-17?;;;;. The lowest BCUT2D eigenvalue weighted by Gasteiger charge is -2.21. The van der Waals surface area contributed by atoms with Crippen molar-refractivity contribution in [3.63, 3.8) is 0 Å². The minimum atomic E-state index is -4.78. The van der Waals surface area contributed by atoms with Gasteiger partial charge < -0.3 is 9.80 Å². The van der Waals surface area contributed by atoms with Gasteiger partial charge in [0.15, 0.2) is 5.36 Å².